The van der Waals surface area contributed by atoms with Crippen molar-refractivity contribution in [2.75, 3.05) is 0 Å². The van der Waals surface area contributed by atoms with E-state index in [9.17, 15) is 26.0 Å². The van der Waals surface area contributed by atoms with Gasteiger partial charge >= 0.3 is 6.18 Å². The molecule has 1 aliphatic rings. The monoisotopic (exact) mass is 313 g/mol. The summed E-state index contributed by atoms with van der Waals surface area (Å²) in [4.78, 5) is -0.515. The summed E-state index contributed by atoms with van der Waals surface area (Å²) in [6.45, 7) is -0.750. The largest absolute Gasteiger partial charge is 0.407 e. The Kier molecular flexibility index (Phi) is 3.55. The average Bonchev–Trinajstić information content (AvgIpc) is 3.09. The molecule has 1 fully saturated rings. The van der Waals surface area contributed by atoms with E-state index in [-0.39, 0.29) is 18.4 Å². The van der Waals surface area contributed by atoms with Crippen LogP contribution in [-0.4, -0.2) is 25.2 Å². The SMILES string of the molecule is O=S(=O)(NC1(C(F)(F)F)CC1)c1ccc(F)c(CO)c1. The molecule has 9 heteroatoms. The van der Waals surface area contributed by atoms with Crippen LogP contribution in [0, 0.1) is 5.82 Å². The Morgan fingerprint density at radius 2 is 1.90 bits per heavy atom. The predicted molar refractivity (Wildman–Crippen MR) is 60.7 cm³/mol. The van der Waals surface area contributed by atoms with Gasteiger partial charge in [0, 0.05) is 5.56 Å². The van der Waals surface area contributed by atoms with Crippen LogP contribution in [0.1, 0.15) is 18.4 Å². The van der Waals surface area contributed by atoms with Crippen molar-refractivity contribution in [3.05, 3.63) is 29.6 Å². The summed E-state index contributed by atoms with van der Waals surface area (Å²) in [5.41, 5.74) is -2.73. The molecule has 1 aromatic carbocycles. The van der Waals surface area contributed by atoms with Crippen molar-refractivity contribution in [1.29, 1.82) is 0 Å². The summed E-state index contributed by atoms with van der Waals surface area (Å²) < 4.78 is 76.7. The fourth-order valence-corrected chi connectivity index (χ4v) is 3.22. The number of aliphatic hydroxyl groups excluding tert-OH is 1. The second kappa shape index (κ2) is 4.68. The minimum atomic E-state index is -4.68. The second-order valence-electron chi connectivity index (χ2n) is 4.60. The Bertz CT molecular complexity index is 623. The molecule has 112 valence electrons. The Labute approximate surface area is 112 Å². The Morgan fingerprint density at radius 1 is 1.30 bits per heavy atom. The van der Waals surface area contributed by atoms with Gasteiger partial charge in [-0.25, -0.2) is 12.8 Å². The van der Waals surface area contributed by atoms with E-state index in [1.54, 1.807) is 4.72 Å². The molecule has 0 aliphatic heterocycles. The van der Waals surface area contributed by atoms with Crippen molar-refractivity contribution in [2.45, 2.75) is 36.1 Å². The molecule has 0 unspecified atom stereocenters. The van der Waals surface area contributed by atoms with E-state index in [0.717, 1.165) is 18.2 Å². The molecule has 0 heterocycles. The minimum Gasteiger partial charge on any atom is -0.392 e. The van der Waals surface area contributed by atoms with Crippen molar-refractivity contribution in [3.63, 3.8) is 0 Å². The van der Waals surface area contributed by atoms with E-state index >= 15 is 0 Å². The first-order chi connectivity index (χ1) is 9.11. The molecule has 0 radical (unpaired) electrons. The first-order valence-electron chi connectivity index (χ1n) is 5.61. The zero-order chi connectivity index (χ0) is 15.2. The van der Waals surface area contributed by atoms with Crippen molar-refractivity contribution in [2.24, 2.45) is 0 Å². The highest BCUT2D eigenvalue weighted by Crippen LogP contribution is 2.49. The fraction of sp³-hybridized carbons (Fsp3) is 0.455. The van der Waals surface area contributed by atoms with Gasteiger partial charge in [-0.15, -0.1) is 0 Å². The van der Waals surface area contributed by atoms with Crippen LogP contribution in [0.25, 0.3) is 0 Å². The van der Waals surface area contributed by atoms with E-state index in [1.165, 1.54) is 0 Å². The molecule has 0 spiro atoms. The molecule has 0 aromatic heterocycles. The maximum Gasteiger partial charge on any atom is 0.407 e. The maximum absolute atomic E-state index is 13.1. The van der Waals surface area contributed by atoms with Gasteiger partial charge in [-0.1, -0.05) is 0 Å². The molecule has 1 aliphatic carbocycles. The third kappa shape index (κ3) is 2.65. The lowest BCUT2D eigenvalue weighted by molar-refractivity contribution is -0.160. The summed E-state index contributed by atoms with van der Waals surface area (Å²) in [6.07, 6.45) is -5.34. The molecule has 2 N–H and O–H groups in total. The molecule has 0 saturated heterocycles. The third-order valence-electron chi connectivity index (χ3n) is 3.12. The average molecular weight is 313 g/mol. The molecular weight excluding hydrogens is 302 g/mol. The van der Waals surface area contributed by atoms with Gasteiger partial charge in [-0.05, 0) is 31.0 Å². The number of aliphatic hydroxyl groups is 1. The molecule has 20 heavy (non-hydrogen) atoms. The van der Waals surface area contributed by atoms with Gasteiger partial charge in [0.2, 0.25) is 10.0 Å². The summed E-state index contributed by atoms with van der Waals surface area (Å²) in [6, 6.07) is 2.45. The Morgan fingerprint density at radius 3 is 2.35 bits per heavy atom. The molecule has 2 rings (SSSR count). The second-order valence-corrected chi connectivity index (χ2v) is 6.28. The summed E-state index contributed by atoms with van der Waals surface area (Å²) in [7, 11) is -4.44. The molecular formula is C11H11F4NO3S. The summed E-state index contributed by atoms with van der Waals surface area (Å²) in [5, 5.41) is 8.85. The van der Waals surface area contributed by atoms with Gasteiger partial charge in [0.1, 0.15) is 11.4 Å². The quantitative estimate of drug-likeness (QED) is 0.831. The molecule has 1 aromatic rings. The van der Waals surface area contributed by atoms with Gasteiger partial charge < -0.3 is 5.11 Å². The number of hydrogen-bond donors (Lipinski definition) is 2. The van der Waals surface area contributed by atoms with Crippen molar-refractivity contribution >= 4 is 10.0 Å². The van der Waals surface area contributed by atoms with Gasteiger partial charge in [0.15, 0.2) is 0 Å². The zero-order valence-corrected chi connectivity index (χ0v) is 10.9. The van der Waals surface area contributed by atoms with E-state index in [1.807, 2.05) is 0 Å². The number of halogens is 4. The number of hydrogen-bond acceptors (Lipinski definition) is 3. The molecule has 0 amide bonds. The van der Waals surface area contributed by atoms with Gasteiger partial charge in [0.25, 0.3) is 0 Å². The van der Waals surface area contributed by atoms with Crippen LogP contribution in [-0.2, 0) is 16.6 Å². The normalized spacial score (nSPS) is 18.1. The summed E-state index contributed by atoms with van der Waals surface area (Å²) in [5.74, 6) is -0.830. The zero-order valence-electron chi connectivity index (χ0n) is 10.0. The van der Waals surface area contributed by atoms with Gasteiger partial charge in [-0.3, -0.25) is 0 Å². The first-order valence-corrected chi connectivity index (χ1v) is 7.10. The van der Waals surface area contributed by atoms with E-state index in [2.05, 4.69) is 0 Å². The minimum absolute atomic E-state index is 0.301. The van der Waals surface area contributed by atoms with E-state index in [4.69, 9.17) is 5.11 Å². The fourth-order valence-electron chi connectivity index (χ4n) is 1.72. The number of nitrogens with one attached hydrogen (secondary N) is 1. The third-order valence-corrected chi connectivity index (χ3v) is 4.65. The highest BCUT2D eigenvalue weighted by atomic mass is 32.2. The highest BCUT2D eigenvalue weighted by molar-refractivity contribution is 7.89. The Hall–Kier alpha value is -1.19. The van der Waals surface area contributed by atoms with Crippen molar-refractivity contribution in [3.8, 4) is 0 Å². The summed E-state index contributed by atoms with van der Waals surface area (Å²) >= 11 is 0. The van der Waals surface area contributed by atoms with Crippen LogP contribution in [0.3, 0.4) is 0 Å². The lowest BCUT2D eigenvalue weighted by atomic mass is 10.2. The van der Waals surface area contributed by atoms with Crippen LogP contribution < -0.4 is 4.72 Å². The number of alkyl halides is 3. The standard InChI is InChI=1S/C11H11F4NO3S/c12-9-2-1-8(5-7(9)6-17)20(18,19)16-10(3-4-10)11(13,14)15/h1-2,5,16-17H,3-4,6H2. The topological polar surface area (TPSA) is 66.4 Å². The van der Waals surface area contributed by atoms with Crippen LogP contribution in [0.15, 0.2) is 23.1 Å². The van der Waals surface area contributed by atoms with Crippen molar-refractivity contribution < 1.29 is 31.1 Å². The molecule has 1 saturated carbocycles. The van der Waals surface area contributed by atoms with Crippen LogP contribution in [0.5, 0.6) is 0 Å². The van der Waals surface area contributed by atoms with Crippen LogP contribution >= 0.6 is 0 Å². The lowest BCUT2D eigenvalue weighted by Crippen LogP contribution is -2.47. The van der Waals surface area contributed by atoms with E-state index < -0.39 is 39.1 Å². The maximum atomic E-state index is 13.1. The van der Waals surface area contributed by atoms with Gasteiger partial charge in [0.05, 0.1) is 11.5 Å². The first kappa shape index (κ1) is 15.2. The van der Waals surface area contributed by atoms with E-state index in [0.29, 0.717) is 0 Å². The highest BCUT2D eigenvalue weighted by Gasteiger charge is 2.65. The smallest absolute Gasteiger partial charge is 0.392 e. The van der Waals surface area contributed by atoms with Crippen LogP contribution in [0.4, 0.5) is 17.6 Å². The predicted octanol–water partition coefficient (Wildman–Crippen LogP) is 1.69. The Balaban J connectivity index is 2.33. The number of rotatable bonds is 4. The number of sulfonamides is 1. The van der Waals surface area contributed by atoms with Crippen molar-refractivity contribution in [1.82, 2.24) is 4.72 Å². The molecule has 4 nitrogen and oxygen atoms in total. The molecule has 0 bridgehead atoms. The van der Waals surface area contributed by atoms with Crippen LogP contribution in [0.2, 0.25) is 0 Å². The number of benzene rings is 1. The molecule has 0 atom stereocenters. The van der Waals surface area contributed by atoms with Gasteiger partial charge in [-0.2, -0.15) is 17.9 Å². The lowest BCUT2D eigenvalue weighted by Gasteiger charge is -2.20.